The lowest BCUT2D eigenvalue weighted by Gasteiger charge is -2.24. The molecule has 0 bridgehead atoms. The van der Waals surface area contributed by atoms with E-state index in [-0.39, 0.29) is 22.8 Å². The van der Waals surface area contributed by atoms with Gasteiger partial charge in [-0.3, -0.25) is 9.00 Å². The second-order valence-electron chi connectivity index (χ2n) is 12.7. The van der Waals surface area contributed by atoms with Gasteiger partial charge in [-0.05, 0) is 77.7 Å². The smallest absolute Gasteiger partial charge is 0.280 e. The molecule has 5 rings (SSSR count). The third-order valence-electron chi connectivity index (χ3n) is 8.58. The number of carbonyl (C=O) groups excluding carboxylic acids is 1. The fourth-order valence-electron chi connectivity index (χ4n) is 5.68. The van der Waals surface area contributed by atoms with Crippen molar-refractivity contribution in [2.24, 2.45) is 5.92 Å². The van der Waals surface area contributed by atoms with Gasteiger partial charge in [0.15, 0.2) is 5.01 Å². The third-order valence-corrected chi connectivity index (χ3v) is 11.1. The summed E-state index contributed by atoms with van der Waals surface area (Å²) >= 11 is 1.57. The van der Waals surface area contributed by atoms with Crippen molar-refractivity contribution in [1.82, 2.24) is 10.3 Å². The minimum Gasteiger partial charge on any atom is -0.347 e. The van der Waals surface area contributed by atoms with Gasteiger partial charge in [0, 0.05) is 28.3 Å². The Balaban J connectivity index is 1.50. The van der Waals surface area contributed by atoms with Gasteiger partial charge >= 0.3 is 0 Å². The van der Waals surface area contributed by atoms with Crippen LogP contribution in [0.4, 0.5) is 0 Å². The molecule has 3 fully saturated rings. The molecular weight excluding hydrogens is 484 g/mol. The average Bonchev–Trinajstić information content (AvgIpc) is 3.47. The summed E-state index contributed by atoms with van der Waals surface area (Å²) in [6.07, 6.45) is 11.5. The molecule has 0 atom stereocenters. The van der Waals surface area contributed by atoms with Crippen LogP contribution < -0.4 is 5.32 Å². The highest BCUT2D eigenvalue weighted by molar-refractivity contribution is 7.85. The molecule has 4 nitrogen and oxygen atoms in total. The Morgan fingerprint density at radius 2 is 1.78 bits per heavy atom. The number of aromatic nitrogens is 1. The lowest BCUT2D eigenvalue weighted by molar-refractivity contribution is 0.0934. The van der Waals surface area contributed by atoms with Gasteiger partial charge in [-0.1, -0.05) is 65.9 Å². The first-order valence-corrected chi connectivity index (χ1v) is 16.2. The van der Waals surface area contributed by atoms with E-state index in [4.69, 9.17) is 4.98 Å². The zero-order valence-electron chi connectivity index (χ0n) is 22.5. The average molecular weight is 527 g/mol. The Hall–Kier alpha value is -1.53. The second kappa shape index (κ2) is 10.3. The highest BCUT2D eigenvalue weighted by Gasteiger charge is 2.40. The zero-order chi connectivity index (χ0) is 25.5. The summed E-state index contributed by atoms with van der Waals surface area (Å²) in [4.78, 5) is 19.5. The number of carbonyl (C=O) groups is 1. The van der Waals surface area contributed by atoms with Crippen molar-refractivity contribution in [2.75, 3.05) is 11.5 Å². The molecule has 1 aliphatic heterocycles. The Bertz CT molecular complexity index is 1100. The molecule has 0 radical (unpaired) electrons. The van der Waals surface area contributed by atoms with Crippen molar-refractivity contribution in [1.29, 1.82) is 0 Å². The number of amides is 1. The fourth-order valence-corrected chi connectivity index (χ4v) is 7.96. The van der Waals surface area contributed by atoms with Crippen LogP contribution >= 0.6 is 11.3 Å². The number of benzene rings is 1. The van der Waals surface area contributed by atoms with Crippen LogP contribution in [0.25, 0.3) is 10.4 Å². The highest BCUT2D eigenvalue weighted by Crippen LogP contribution is 2.50. The van der Waals surface area contributed by atoms with Gasteiger partial charge in [0.25, 0.3) is 5.91 Å². The lowest BCUT2D eigenvalue weighted by Crippen LogP contribution is -2.39. The zero-order valence-corrected chi connectivity index (χ0v) is 24.1. The van der Waals surface area contributed by atoms with Crippen molar-refractivity contribution in [2.45, 2.75) is 109 Å². The van der Waals surface area contributed by atoms with Gasteiger partial charge in [-0.25, -0.2) is 4.98 Å². The molecule has 1 N–H and O–H groups in total. The molecule has 196 valence electrons. The van der Waals surface area contributed by atoms with E-state index in [1.807, 2.05) is 0 Å². The monoisotopic (exact) mass is 526 g/mol. The van der Waals surface area contributed by atoms with Gasteiger partial charge in [0.05, 0.1) is 10.6 Å². The maximum Gasteiger partial charge on any atom is 0.280 e. The summed E-state index contributed by atoms with van der Waals surface area (Å²) < 4.78 is 11.7. The molecule has 2 aliphatic carbocycles. The van der Waals surface area contributed by atoms with Crippen LogP contribution in [-0.4, -0.2) is 32.6 Å². The first kappa shape index (κ1) is 26.1. The maximum atomic E-state index is 13.3. The molecule has 1 aromatic heterocycles. The number of thiazole rings is 1. The van der Waals surface area contributed by atoms with E-state index in [1.54, 1.807) is 11.3 Å². The molecule has 1 amide bonds. The first-order valence-electron chi connectivity index (χ1n) is 13.9. The van der Waals surface area contributed by atoms with E-state index in [9.17, 15) is 9.00 Å². The van der Waals surface area contributed by atoms with E-state index in [0.717, 1.165) is 25.0 Å². The second-order valence-corrected chi connectivity index (χ2v) is 15.4. The molecule has 6 heteroatoms. The van der Waals surface area contributed by atoms with Crippen LogP contribution in [0.2, 0.25) is 0 Å². The van der Waals surface area contributed by atoms with Crippen molar-refractivity contribution < 1.29 is 9.00 Å². The summed E-state index contributed by atoms with van der Waals surface area (Å²) in [5, 5.41) is 3.79. The molecule has 2 aromatic rings. The Morgan fingerprint density at radius 1 is 1.08 bits per heavy atom. The topological polar surface area (TPSA) is 59.1 Å². The van der Waals surface area contributed by atoms with E-state index in [2.05, 4.69) is 51.2 Å². The van der Waals surface area contributed by atoms with E-state index >= 15 is 0 Å². The maximum absolute atomic E-state index is 13.3. The third kappa shape index (κ3) is 5.96. The highest BCUT2D eigenvalue weighted by atomic mass is 32.2. The molecule has 1 saturated heterocycles. The molecule has 0 spiro atoms. The van der Waals surface area contributed by atoms with Gasteiger partial charge < -0.3 is 5.32 Å². The van der Waals surface area contributed by atoms with Gasteiger partial charge in [0.1, 0.15) is 0 Å². The minimum atomic E-state index is -0.728. The Labute approximate surface area is 223 Å². The van der Waals surface area contributed by atoms with Gasteiger partial charge in [-0.15, -0.1) is 11.3 Å². The SMILES string of the molecule is CC(C)(C)c1cc(-c2sc(C(=O)NC3CCS(=O)CC3)nc2CC2CCCCC2)cc(C2(C)CC2)c1. The Kier molecular flexibility index (Phi) is 7.48. The quantitative estimate of drug-likeness (QED) is 0.444. The summed E-state index contributed by atoms with van der Waals surface area (Å²) in [7, 11) is -0.728. The fraction of sp³-hybridized carbons (Fsp3) is 0.667. The Morgan fingerprint density at radius 3 is 2.42 bits per heavy atom. The number of hydrogen-bond donors (Lipinski definition) is 1. The standard InChI is InChI=1S/C30H42N2O2S2/c1-29(2,3)22-17-21(18-23(19-22)30(4)12-13-30)26-25(16-20-8-6-5-7-9-20)32-28(35-26)27(33)31-24-10-14-36(34)15-11-24/h17-20,24H,5-16H2,1-4H3,(H,31,33). The largest absolute Gasteiger partial charge is 0.347 e. The number of rotatable bonds is 6. The van der Waals surface area contributed by atoms with Crippen molar-refractivity contribution in [3.63, 3.8) is 0 Å². The van der Waals surface area contributed by atoms with E-state index in [0.29, 0.717) is 22.4 Å². The van der Waals surface area contributed by atoms with Crippen LogP contribution in [-0.2, 0) is 28.1 Å². The van der Waals surface area contributed by atoms with Crippen LogP contribution in [0.15, 0.2) is 18.2 Å². The minimum absolute atomic E-state index is 0.0600. The summed E-state index contributed by atoms with van der Waals surface area (Å²) in [5.41, 5.74) is 5.49. The molecule has 2 heterocycles. The first-order chi connectivity index (χ1) is 17.1. The molecule has 36 heavy (non-hydrogen) atoms. The van der Waals surface area contributed by atoms with Crippen LogP contribution in [0.5, 0.6) is 0 Å². The van der Waals surface area contributed by atoms with Crippen molar-refractivity contribution >= 4 is 28.0 Å². The molecule has 2 saturated carbocycles. The summed E-state index contributed by atoms with van der Waals surface area (Å²) in [6, 6.07) is 7.26. The van der Waals surface area contributed by atoms with E-state index in [1.165, 1.54) is 66.5 Å². The van der Waals surface area contributed by atoms with Crippen molar-refractivity contribution in [3.05, 3.63) is 40.0 Å². The predicted molar refractivity (Wildman–Crippen MR) is 151 cm³/mol. The van der Waals surface area contributed by atoms with Gasteiger partial charge in [-0.2, -0.15) is 0 Å². The molecular formula is C30H42N2O2S2. The number of hydrogen-bond acceptors (Lipinski definition) is 4. The molecule has 1 aromatic carbocycles. The lowest BCUT2D eigenvalue weighted by atomic mass is 9.82. The van der Waals surface area contributed by atoms with Crippen LogP contribution in [0.3, 0.4) is 0 Å². The number of nitrogens with zero attached hydrogens (tertiary/aromatic N) is 1. The van der Waals surface area contributed by atoms with Gasteiger partial charge in [0.2, 0.25) is 0 Å². The summed E-state index contributed by atoms with van der Waals surface area (Å²) in [6.45, 7) is 9.24. The van der Waals surface area contributed by atoms with Crippen LogP contribution in [0.1, 0.15) is 112 Å². The number of nitrogens with one attached hydrogen (secondary N) is 1. The summed E-state index contributed by atoms with van der Waals surface area (Å²) in [5.74, 6) is 1.97. The van der Waals surface area contributed by atoms with E-state index < -0.39 is 10.8 Å². The molecule has 3 aliphatic rings. The predicted octanol–water partition coefficient (Wildman–Crippen LogP) is 6.92. The van der Waals surface area contributed by atoms with Crippen LogP contribution in [0, 0.1) is 5.92 Å². The van der Waals surface area contributed by atoms with Crippen molar-refractivity contribution in [3.8, 4) is 10.4 Å². The molecule has 0 unspecified atom stereocenters. The normalized spacial score (nSPS) is 24.4.